The molecule has 1 aliphatic heterocycles. The second-order valence-electron chi connectivity index (χ2n) is 10.7. The summed E-state index contributed by atoms with van der Waals surface area (Å²) in [4.78, 5) is 33.6. The Morgan fingerprint density at radius 1 is 1.14 bits per heavy atom. The first-order valence-corrected chi connectivity index (χ1v) is 14.9. The molecule has 0 saturated carbocycles. The first-order valence-electron chi connectivity index (χ1n) is 13.5. The van der Waals surface area contributed by atoms with E-state index >= 15 is 0 Å². The first-order chi connectivity index (χ1) is 19.8. The number of likely N-dealkylation sites (N-methyl/N-ethyl adjacent to an activating group) is 1. The van der Waals surface area contributed by atoms with Crippen molar-refractivity contribution in [3.8, 4) is 17.0 Å². The number of sulfonamides is 1. The molecule has 0 fully saturated rings. The summed E-state index contributed by atoms with van der Waals surface area (Å²) >= 11 is 0. The highest BCUT2D eigenvalue weighted by atomic mass is 32.2. The monoisotopic (exact) mass is 598 g/mol. The Hall–Kier alpha value is -3.87. The van der Waals surface area contributed by atoms with E-state index in [4.69, 9.17) is 4.74 Å². The summed E-state index contributed by atoms with van der Waals surface area (Å²) in [6.07, 6.45) is 0.791. The third kappa shape index (κ3) is 6.45. The van der Waals surface area contributed by atoms with Crippen LogP contribution in [0.25, 0.3) is 11.1 Å². The number of aromatic nitrogens is 1. The number of fused-ring (bicyclic) bond motifs is 1. The summed E-state index contributed by atoms with van der Waals surface area (Å²) in [5.41, 5.74) is 1.86. The van der Waals surface area contributed by atoms with Gasteiger partial charge < -0.3 is 19.6 Å². The number of aliphatic hydroxyl groups excluding tert-OH is 1. The van der Waals surface area contributed by atoms with E-state index in [-0.39, 0.29) is 47.9 Å². The Morgan fingerprint density at radius 2 is 1.86 bits per heavy atom. The maximum absolute atomic E-state index is 13.8. The van der Waals surface area contributed by atoms with Crippen LogP contribution in [0.3, 0.4) is 0 Å². The molecule has 1 aromatic heterocycles. The summed E-state index contributed by atoms with van der Waals surface area (Å²) < 4.78 is 47.5. The molecule has 1 N–H and O–H groups in total. The van der Waals surface area contributed by atoms with Crippen LogP contribution in [0.4, 0.5) is 4.39 Å². The lowest BCUT2D eigenvalue weighted by Crippen LogP contribution is -2.50. The largest absolute Gasteiger partial charge is 0.472 e. The Bertz CT molecular complexity index is 1580. The average Bonchev–Trinajstić information content (AvgIpc) is 2.97. The van der Waals surface area contributed by atoms with Gasteiger partial charge in [0, 0.05) is 50.9 Å². The van der Waals surface area contributed by atoms with E-state index in [9.17, 15) is 27.5 Å². The number of carbonyl (C=O) groups excluding carboxylic acids is 2. The molecule has 0 radical (unpaired) electrons. The zero-order valence-electron chi connectivity index (χ0n) is 24.2. The zero-order valence-corrected chi connectivity index (χ0v) is 25.0. The van der Waals surface area contributed by atoms with E-state index in [2.05, 4.69) is 4.98 Å². The molecule has 0 spiro atoms. The van der Waals surface area contributed by atoms with Gasteiger partial charge in [-0.05, 0) is 48.9 Å². The van der Waals surface area contributed by atoms with E-state index in [0.717, 1.165) is 10.4 Å². The van der Waals surface area contributed by atoms with Gasteiger partial charge in [0.25, 0.3) is 11.8 Å². The Kier molecular flexibility index (Phi) is 9.29. The van der Waals surface area contributed by atoms with Crippen molar-refractivity contribution in [1.82, 2.24) is 19.1 Å². The Labute approximate surface area is 245 Å². The molecule has 2 heterocycles. The van der Waals surface area contributed by atoms with Crippen LogP contribution in [0, 0.1) is 11.7 Å². The molecular weight excluding hydrogens is 563 g/mol. The van der Waals surface area contributed by atoms with Gasteiger partial charge in [-0.25, -0.2) is 17.8 Å². The predicted molar refractivity (Wildman–Crippen MR) is 155 cm³/mol. The fraction of sp³-hybridized carbons (Fsp3) is 0.367. The van der Waals surface area contributed by atoms with Crippen molar-refractivity contribution in [2.24, 2.45) is 5.92 Å². The van der Waals surface area contributed by atoms with Crippen LogP contribution in [0.5, 0.6) is 5.88 Å². The molecule has 42 heavy (non-hydrogen) atoms. The van der Waals surface area contributed by atoms with E-state index in [1.807, 2.05) is 6.92 Å². The van der Waals surface area contributed by atoms with Gasteiger partial charge in [0.05, 0.1) is 24.1 Å². The summed E-state index contributed by atoms with van der Waals surface area (Å²) in [7, 11) is 0.656. The second-order valence-corrected chi connectivity index (χ2v) is 12.8. The number of pyridine rings is 1. The number of benzene rings is 2. The molecule has 224 valence electrons. The lowest BCUT2D eigenvalue weighted by molar-refractivity contribution is 0.0373. The van der Waals surface area contributed by atoms with Crippen molar-refractivity contribution in [2.75, 3.05) is 40.8 Å². The van der Waals surface area contributed by atoms with Crippen LogP contribution in [0.1, 0.15) is 34.6 Å². The van der Waals surface area contributed by atoms with Crippen molar-refractivity contribution >= 4 is 21.8 Å². The van der Waals surface area contributed by atoms with Gasteiger partial charge in [-0.3, -0.25) is 9.59 Å². The number of amides is 2. The molecule has 12 heteroatoms. The summed E-state index contributed by atoms with van der Waals surface area (Å²) in [6.45, 7) is 3.33. The van der Waals surface area contributed by atoms with Crippen LogP contribution < -0.4 is 4.74 Å². The van der Waals surface area contributed by atoms with Gasteiger partial charge in [-0.15, -0.1) is 0 Å². The molecule has 0 bridgehead atoms. The number of rotatable bonds is 8. The lowest BCUT2D eigenvalue weighted by Gasteiger charge is -2.37. The molecule has 2 amide bonds. The predicted octanol–water partition coefficient (Wildman–Crippen LogP) is 3.13. The minimum Gasteiger partial charge on any atom is -0.472 e. The summed E-state index contributed by atoms with van der Waals surface area (Å²) in [5, 5.41) is 9.93. The van der Waals surface area contributed by atoms with Crippen molar-refractivity contribution in [2.45, 2.75) is 30.9 Å². The van der Waals surface area contributed by atoms with E-state index < -0.39 is 33.9 Å². The Morgan fingerprint density at radius 3 is 2.52 bits per heavy atom. The van der Waals surface area contributed by atoms with Crippen LogP contribution >= 0.6 is 0 Å². The van der Waals surface area contributed by atoms with Crippen molar-refractivity contribution in [3.05, 3.63) is 77.7 Å². The smallest absolute Gasteiger partial charge is 0.259 e. The molecular formula is C30H35FN4O6S. The number of hydrogen-bond acceptors (Lipinski definition) is 7. The molecule has 3 aromatic rings. The van der Waals surface area contributed by atoms with Crippen molar-refractivity contribution < 1.29 is 32.2 Å². The Balaban J connectivity index is 1.72. The van der Waals surface area contributed by atoms with E-state index in [0.29, 0.717) is 16.7 Å². The van der Waals surface area contributed by atoms with Gasteiger partial charge >= 0.3 is 0 Å². The van der Waals surface area contributed by atoms with Gasteiger partial charge in [-0.1, -0.05) is 25.1 Å². The molecule has 0 unspecified atom stereocenters. The first kappa shape index (κ1) is 31.1. The normalized spacial score (nSPS) is 18.1. The minimum absolute atomic E-state index is 0.0208. The fourth-order valence-corrected chi connectivity index (χ4v) is 5.94. The zero-order chi connectivity index (χ0) is 30.8. The molecule has 10 nitrogen and oxygen atoms in total. The van der Waals surface area contributed by atoms with Crippen LogP contribution in [0.2, 0.25) is 0 Å². The molecule has 3 atom stereocenters. The SMILES string of the molecule is C[C@@H]1CN([C@@H](C)CO)C(=O)c2cc(-c3cccc(C(=O)N(C)C)c3)cnc2O[C@H]1CN(C)S(=O)(=O)c1cccc(F)c1. The average molecular weight is 599 g/mol. The van der Waals surface area contributed by atoms with Crippen molar-refractivity contribution in [3.63, 3.8) is 0 Å². The summed E-state index contributed by atoms with van der Waals surface area (Å²) in [6, 6.07) is 12.8. The van der Waals surface area contributed by atoms with Crippen LogP contribution in [0.15, 0.2) is 65.7 Å². The molecule has 0 saturated heterocycles. The van der Waals surface area contributed by atoms with E-state index in [1.54, 1.807) is 51.4 Å². The minimum atomic E-state index is -4.05. The quantitative estimate of drug-likeness (QED) is 0.423. The van der Waals surface area contributed by atoms with Crippen LogP contribution in [-0.2, 0) is 10.0 Å². The van der Waals surface area contributed by atoms with Crippen LogP contribution in [-0.4, -0.2) is 97.4 Å². The highest BCUT2D eigenvalue weighted by molar-refractivity contribution is 7.89. The standard InChI is InChI=1S/C30H35FN4O6S/c1-19-16-35(20(2)18-36)30(38)26-13-23(21-8-6-9-22(12-21)29(37)33(3)4)15-32-28(26)41-27(19)17-34(5)42(39,40)25-11-7-10-24(31)14-25/h6-15,19-20,27,36H,16-18H2,1-5H3/t19-,20+,27+/m1/s1. The van der Waals surface area contributed by atoms with Gasteiger partial charge in [0.2, 0.25) is 15.9 Å². The fourth-order valence-electron chi connectivity index (χ4n) is 4.73. The van der Waals surface area contributed by atoms with Crippen molar-refractivity contribution in [1.29, 1.82) is 0 Å². The maximum atomic E-state index is 13.8. The maximum Gasteiger partial charge on any atom is 0.259 e. The molecule has 4 rings (SSSR count). The number of nitrogens with zero attached hydrogens (tertiary/aromatic N) is 4. The second kappa shape index (κ2) is 12.6. The highest BCUT2D eigenvalue weighted by Gasteiger charge is 2.36. The third-order valence-corrected chi connectivity index (χ3v) is 9.13. The lowest BCUT2D eigenvalue weighted by atomic mass is 9.99. The number of ether oxygens (including phenoxy) is 1. The van der Waals surface area contributed by atoms with Gasteiger partial charge in [0.15, 0.2) is 0 Å². The molecule has 0 aliphatic carbocycles. The summed E-state index contributed by atoms with van der Waals surface area (Å²) in [5.74, 6) is -1.58. The van der Waals surface area contributed by atoms with E-state index in [1.165, 1.54) is 41.2 Å². The van der Waals surface area contributed by atoms with Gasteiger partial charge in [-0.2, -0.15) is 4.31 Å². The number of halogens is 1. The topological polar surface area (TPSA) is 120 Å². The highest BCUT2D eigenvalue weighted by Crippen LogP contribution is 2.31. The third-order valence-electron chi connectivity index (χ3n) is 7.31. The number of carbonyl (C=O) groups is 2. The molecule has 1 aliphatic rings. The van der Waals surface area contributed by atoms with Gasteiger partial charge in [0.1, 0.15) is 17.5 Å². The molecule has 2 aromatic carbocycles. The number of aliphatic hydroxyl groups is 1. The number of hydrogen-bond donors (Lipinski definition) is 1.